The smallest absolute Gasteiger partial charge is 0.248 e. The lowest BCUT2D eigenvalue weighted by Crippen LogP contribution is -2.35. The van der Waals surface area contributed by atoms with Crippen LogP contribution in [0.1, 0.15) is 36.0 Å². The lowest BCUT2D eigenvalue weighted by Gasteiger charge is -2.26. The van der Waals surface area contributed by atoms with Crippen LogP contribution in [0.3, 0.4) is 0 Å². The fraction of sp³-hybridized carbons (Fsp3) is 0.348. The summed E-state index contributed by atoms with van der Waals surface area (Å²) in [5.41, 5.74) is 3.58. The van der Waals surface area contributed by atoms with Crippen LogP contribution in [0.15, 0.2) is 47.4 Å². The molecule has 1 amide bonds. The quantitative estimate of drug-likeness (QED) is 0.702. The van der Waals surface area contributed by atoms with Gasteiger partial charge in [-0.1, -0.05) is 18.6 Å². The zero-order valence-corrected chi connectivity index (χ0v) is 18.5. The lowest BCUT2D eigenvalue weighted by molar-refractivity contribution is -0.111. The van der Waals surface area contributed by atoms with Gasteiger partial charge in [0.15, 0.2) is 0 Å². The maximum Gasteiger partial charge on any atom is 0.248 e. The highest BCUT2D eigenvalue weighted by Gasteiger charge is 2.28. The Bertz CT molecular complexity index is 1050. The molecule has 2 aromatic rings. The fourth-order valence-corrected chi connectivity index (χ4v) is 5.13. The van der Waals surface area contributed by atoms with Crippen LogP contribution < -0.4 is 10.1 Å². The van der Waals surface area contributed by atoms with E-state index in [1.165, 1.54) is 17.5 Å². The second kappa shape index (κ2) is 9.45. The standard InChI is InChI=1S/C23H28N2O4S/c1-17-7-10-20(15-18(17)2)24-23(26)12-9-19-8-11-21(29-3)22(16-19)30(27,28)25-13-5-4-6-14-25/h7-12,15-16H,4-6,13-14H2,1-3H3,(H,24,26). The van der Waals surface area contributed by atoms with Crippen molar-refractivity contribution in [2.24, 2.45) is 0 Å². The molecule has 0 spiro atoms. The van der Waals surface area contributed by atoms with Gasteiger partial charge in [0.1, 0.15) is 10.6 Å². The number of hydrogen-bond acceptors (Lipinski definition) is 4. The number of nitrogens with one attached hydrogen (secondary N) is 1. The fourth-order valence-electron chi connectivity index (χ4n) is 3.42. The third-order valence-corrected chi connectivity index (χ3v) is 7.24. The summed E-state index contributed by atoms with van der Waals surface area (Å²) in [6.07, 6.45) is 5.76. The summed E-state index contributed by atoms with van der Waals surface area (Å²) in [5, 5.41) is 2.82. The van der Waals surface area contributed by atoms with Crippen molar-refractivity contribution in [2.75, 3.05) is 25.5 Å². The normalized spacial score (nSPS) is 15.3. The molecule has 0 bridgehead atoms. The molecule has 1 aliphatic rings. The SMILES string of the molecule is COc1ccc(C=CC(=O)Nc2ccc(C)c(C)c2)cc1S(=O)(=O)N1CCCCC1. The van der Waals surface area contributed by atoms with Gasteiger partial charge in [-0.15, -0.1) is 0 Å². The van der Waals surface area contributed by atoms with Crippen molar-refractivity contribution in [2.45, 2.75) is 38.0 Å². The lowest BCUT2D eigenvalue weighted by atomic mass is 10.1. The van der Waals surface area contributed by atoms with E-state index in [0.717, 1.165) is 36.1 Å². The molecule has 0 unspecified atom stereocenters. The van der Waals surface area contributed by atoms with Gasteiger partial charge in [-0.3, -0.25) is 4.79 Å². The summed E-state index contributed by atoms with van der Waals surface area (Å²) in [6, 6.07) is 10.6. The molecule has 1 fully saturated rings. The van der Waals surface area contributed by atoms with Crippen LogP contribution in [0, 0.1) is 13.8 Å². The molecule has 0 atom stereocenters. The molecule has 6 nitrogen and oxygen atoms in total. The predicted molar refractivity (Wildman–Crippen MR) is 119 cm³/mol. The first kappa shape index (κ1) is 22.1. The summed E-state index contributed by atoms with van der Waals surface area (Å²) in [6.45, 7) is 5.04. The molecular formula is C23H28N2O4S. The first-order valence-electron chi connectivity index (χ1n) is 10.1. The van der Waals surface area contributed by atoms with Crippen molar-refractivity contribution >= 4 is 27.7 Å². The average Bonchev–Trinajstić information content (AvgIpc) is 2.75. The van der Waals surface area contributed by atoms with Crippen LogP contribution in [-0.4, -0.2) is 38.8 Å². The van der Waals surface area contributed by atoms with Crippen molar-refractivity contribution in [1.29, 1.82) is 0 Å². The van der Waals surface area contributed by atoms with Crippen LogP contribution in [0.25, 0.3) is 6.08 Å². The number of benzene rings is 2. The summed E-state index contributed by atoms with van der Waals surface area (Å²) < 4.78 is 33.0. The van der Waals surface area contributed by atoms with E-state index in [1.54, 1.807) is 24.3 Å². The van der Waals surface area contributed by atoms with Crippen LogP contribution in [-0.2, 0) is 14.8 Å². The predicted octanol–water partition coefficient (Wildman–Crippen LogP) is 4.14. The summed E-state index contributed by atoms with van der Waals surface area (Å²) in [7, 11) is -2.19. The van der Waals surface area contributed by atoms with E-state index < -0.39 is 10.0 Å². The Morgan fingerprint density at radius 1 is 1.03 bits per heavy atom. The molecule has 7 heteroatoms. The minimum atomic E-state index is -3.65. The van der Waals surface area contributed by atoms with Crippen molar-refractivity contribution in [3.8, 4) is 5.75 Å². The van der Waals surface area contributed by atoms with Crippen LogP contribution in [0.4, 0.5) is 5.69 Å². The monoisotopic (exact) mass is 428 g/mol. The number of sulfonamides is 1. The molecule has 3 rings (SSSR count). The van der Waals surface area contributed by atoms with Crippen LogP contribution in [0.2, 0.25) is 0 Å². The van der Waals surface area contributed by atoms with Crippen molar-refractivity contribution in [3.63, 3.8) is 0 Å². The Morgan fingerprint density at radius 3 is 2.43 bits per heavy atom. The molecule has 0 radical (unpaired) electrons. The van der Waals surface area contributed by atoms with Gasteiger partial charge in [0, 0.05) is 24.9 Å². The Morgan fingerprint density at radius 2 is 1.77 bits per heavy atom. The molecule has 30 heavy (non-hydrogen) atoms. The zero-order chi connectivity index (χ0) is 21.7. The topological polar surface area (TPSA) is 75.7 Å². The van der Waals surface area contributed by atoms with Gasteiger partial charge in [-0.05, 0) is 73.7 Å². The Labute approximate surface area is 178 Å². The number of piperidine rings is 1. The van der Waals surface area contributed by atoms with E-state index in [-0.39, 0.29) is 10.8 Å². The first-order chi connectivity index (χ1) is 14.3. The number of ether oxygens (including phenoxy) is 1. The van der Waals surface area contributed by atoms with Gasteiger partial charge in [-0.25, -0.2) is 8.42 Å². The highest BCUT2D eigenvalue weighted by Crippen LogP contribution is 2.30. The van der Waals surface area contributed by atoms with Gasteiger partial charge in [0.05, 0.1) is 7.11 Å². The molecule has 2 aromatic carbocycles. The summed E-state index contributed by atoms with van der Waals surface area (Å²) in [4.78, 5) is 12.4. The maximum atomic E-state index is 13.1. The molecule has 1 heterocycles. The number of nitrogens with zero attached hydrogens (tertiary/aromatic N) is 1. The third kappa shape index (κ3) is 5.09. The van der Waals surface area contributed by atoms with Crippen molar-refractivity contribution < 1.29 is 17.9 Å². The van der Waals surface area contributed by atoms with Gasteiger partial charge < -0.3 is 10.1 Å². The number of rotatable bonds is 6. The van der Waals surface area contributed by atoms with Gasteiger partial charge in [-0.2, -0.15) is 4.31 Å². The zero-order valence-electron chi connectivity index (χ0n) is 17.6. The Hall–Kier alpha value is -2.64. The molecule has 1 saturated heterocycles. The third-order valence-electron chi connectivity index (χ3n) is 5.32. The molecule has 160 valence electrons. The molecule has 0 aromatic heterocycles. The van der Waals surface area contributed by atoms with Gasteiger partial charge >= 0.3 is 0 Å². The van der Waals surface area contributed by atoms with Crippen molar-refractivity contribution in [1.82, 2.24) is 4.31 Å². The van der Waals surface area contributed by atoms with E-state index in [9.17, 15) is 13.2 Å². The minimum Gasteiger partial charge on any atom is -0.495 e. The number of amides is 1. The number of carbonyl (C=O) groups excluding carboxylic acids is 1. The molecular weight excluding hydrogens is 400 g/mol. The number of carbonyl (C=O) groups is 1. The maximum absolute atomic E-state index is 13.1. The van der Waals surface area contributed by atoms with E-state index in [4.69, 9.17) is 4.74 Å². The molecule has 0 saturated carbocycles. The van der Waals surface area contributed by atoms with Crippen LogP contribution >= 0.6 is 0 Å². The van der Waals surface area contributed by atoms with Gasteiger partial charge in [0.25, 0.3) is 0 Å². The highest BCUT2D eigenvalue weighted by atomic mass is 32.2. The number of aryl methyl sites for hydroxylation is 2. The van der Waals surface area contributed by atoms with Gasteiger partial charge in [0.2, 0.25) is 15.9 Å². The van der Waals surface area contributed by atoms with Crippen molar-refractivity contribution in [3.05, 3.63) is 59.2 Å². The Kier molecular flexibility index (Phi) is 6.95. The number of hydrogen-bond donors (Lipinski definition) is 1. The Balaban J connectivity index is 1.80. The summed E-state index contributed by atoms with van der Waals surface area (Å²) >= 11 is 0. The molecule has 0 aliphatic carbocycles. The second-order valence-electron chi connectivity index (χ2n) is 7.50. The number of methoxy groups -OCH3 is 1. The number of anilines is 1. The van der Waals surface area contributed by atoms with E-state index >= 15 is 0 Å². The van der Waals surface area contributed by atoms with Crippen LogP contribution in [0.5, 0.6) is 5.75 Å². The largest absolute Gasteiger partial charge is 0.495 e. The minimum absolute atomic E-state index is 0.128. The highest BCUT2D eigenvalue weighted by molar-refractivity contribution is 7.89. The summed E-state index contributed by atoms with van der Waals surface area (Å²) in [5.74, 6) is 0.0202. The molecule has 1 aliphatic heterocycles. The van der Waals surface area contributed by atoms with E-state index in [1.807, 2.05) is 32.0 Å². The second-order valence-corrected chi connectivity index (χ2v) is 9.40. The average molecular weight is 429 g/mol. The van der Waals surface area contributed by atoms with E-state index in [0.29, 0.717) is 24.4 Å². The first-order valence-corrected chi connectivity index (χ1v) is 11.5. The van der Waals surface area contributed by atoms with E-state index in [2.05, 4.69) is 5.32 Å². The molecule has 1 N–H and O–H groups in total.